The maximum absolute atomic E-state index is 12.6. The number of nitrogens with zero attached hydrogens (tertiary/aromatic N) is 3. The van der Waals surface area contributed by atoms with E-state index >= 15 is 0 Å². The van der Waals surface area contributed by atoms with Crippen molar-refractivity contribution in [3.8, 4) is 16.9 Å². The molecule has 1 amide bonds. The van der Waals surface area contributed by atoms with E-state index in [1.807, 2.05) is 60.7 Å². The van der Waals surface area contributed by atoms with Crippen molar-refractivity contribution in [2.75, 3.05) is 5.32 Å². The minimum absolute atomic E-state index is 0.217. The summed E-state index contributed by atoms with van der Waals surface area (Å²) >= 11 is 0. The Morgan fingerprint density at radius 3 is 2.14 bits per heavy atom. The molecule has 5 heteroatoms. The van der Waals surface area contributed by atoms with E-state index in [-0.39, 0.29) is 5.91 Å². The molecule has 138 valence electrons. The van der Waals surface area contributed by atoms with E-state index in [0.717, 1.165) is 17.7 Å². The third kappa shape index (κ3) is 3.69. The molecule has 0 atom stereocenters. The highest BCUT2D eigenvalue weighted by atomic mass is 16.1. The van der Waals surface area contributed by atoms with Crippen LogP contribution in [0.25, 0.3) is 16.9 Å². The van der Waals surface area contributed by atoms with Gasteiger partial charge in [-0.15, -0.1) is 15.0 Å². The molecule has 0 fully saturated rings. The number of anilines is 1. The average molecular weight is 368 g/mol. The number of hydrogen-bond acceptors (Lipinski definition) is 3. The SMILES string of the molecule is CCc1ccc(-n2nc(NC(=O)c3ccccc3)c(-c3ccccc3)n2)cc1. The number of rotatable bonds is 5. The Bertz CT molecular complexity index is 1070. The summed E-state index contributed by atoms with van der Waals surface area (Å²) in [4.78, 5) is 14.2. The van der Waals surface area contributed by atoms with Crippen molar-refractivity contribution in [1.82, 2.24) is 15.0 Å². The van der Waals surface area contributed by atoms with E-state index in [1.54, 1.807) is 16.9 Å². The Balaban J connectivity index is 1.73. The van der Waals surface area contributed by atoms with E-state index in [4.69, 9.17) is 0 Å². The minimum atomic E-state index is -0.217. The predicted molar refractivity (Wildman–Crippen MR) is 111 cm³/mol. The van der Waals surface area contributed by atoms with Crippen LogP contribution >= 0.6 is 0 Å². The zero-order valence-corrected chi connectivity index (χ0v) is 15.5. The molecule has 0 unspecified atom stereocenters. The molecule has 1 heterocycles. The van der Waals surface area contributed by atoms with Crippen LogP contribution in [0.15, 0.2) is 84.9 Å². The van der Waals surface area contributed by atoms with Crippen LogP contribution in [0.1, 0.15) is 22.8 Å². The van der Waals surface area contributed by atoms with Gasteiger partial charge in [-0.25, -0.2) is 0 Å². The van der Waals surface area contributed by atoms with Gasteiger partial charge in [0.15, 0.2) is 5.82 Å². The van der Waals surface area contributed by atoms with Gasteiger partial charge in [-0.05, 0) is 36.2 Å². The van der Waals surface area contributed by atoms with E-state index in [1.165, 1.54) is 5.56 Å². The Labute approximate surface area is 163 Å². The van der Waals surface area contributed by atoms with Gasteiger partial charge < -0.3 is 5.32 Å². The second-order valence-electron chi connectivity index (χ2n) is 6.39. The summed E-state index contributed by atoms with van der Waals surface area (Å²) in [5.74, 6) is 0.214. The van der Waals surface area contributed by atoms with Gasteiger partial charge in [0.2, 0.25) is 0 Å². The molecule has 3 aromatic carbocycles. The smallest absolute Gasteiger partial charge is 0.256 e. The molecule has 4 rings (SSSR count). The lowest BCUT2D eigenvalue weighted by Gasteiger charge is -2.04. The summed E-state index contributed by atoms with van der Waals surface area (Å²) in [6.45, 7) is 2.12. The van der Waals surface area contributed by atoms with Crippen LogP contribution in [0.4, 0.5) is 5.82 Å². The monoisotopic (exact) mass is 368 g/mol. The second kappa shape index (κ2) is 7.88. The van der Waals surface area contributed by atoms with Crippen LogP contribution in [0.3, 0.4) is 0 Å². The molecule has 5 nitrogen and oxygen atoms in total. The number of amides is 1. The van der Waals surface area contributed by atoms with Crippen molar-refractivity contribution in [2.45, 2.75) is 13.3 Å². The largest absolute Gasteiger partial charge is 0.303 e. The Morgan fingerprint density at radius 2 is 1.50 bits per heavy atom. The Kier molecular flexibility index (Phi) is 4.97. The maximum Gasteiger partial charge on any atom is 0.256 e. The van der Waals surface area contributed by atoms with Crippen LogP contribution < -0.4 is 5.32 Å². The molecule has 0 aliphatic heterocycles. The number of benzene rings is 3. The van der Waals surface area contributed by atoms with E-state index in [9.17, 15) is 4.79 Å². The lowest BCUT2D eigenvalue weighted by atomic mass is 10.1. The topological polar surface area (TPSA) is 59.8 Å². The highest BCUT2D eigenvalue weighted by Gasteiger charge is 2.17. The third-order valence-corrected chi connectivity index (χ3v) is 4.50. The van der Waals surface area contributed by atoms with Crippen molar-refractivity contribution in [1.29, 1.82) is 0 Å². The first kappa shape index (κ1) is 17.7. The quantitative estimate of drug-likeness (QED) is 0.553. The van der Waals surface area contributed by atoms with Gasteiger partial charge in [-0.3, -0.25) is 4.79 Å². The minimum Gasteiger partial charge on any atom is -0.303 e. The fourth-order valence-electron chi connectivity index (χ4n) is 2.93. The van der Waals surface area contributed by atoms with Gasteiger partial charge in [0, 0.05) is 11.1 Å². The van der Waals surface area contributed by atoms with Crippen LogP contribution in [-0.2, 0) is 6.42 Å². The van der Waals surface area contributed by atoms with Gasteiger partial charge in [0.05, 0.1) is 5.69 Å². The summed E-state index contributed by atoms with van der Waals surface area (Å²) in [6.07, 6.45) is 0.973. The zero-order valence-electron chi connectivity index (χ0n) is 15.5. The predicted octanol–water partition coefficient (Wildman–Crippen LogP) is 4.75. The standard InChI is InChI=1S/C23H20N4O/c1-2-17-13-15-20(16-14-17)27-25-21(18-9-5-3-6-10-18)22(26-27)24-23(28)19-11-7-4-8-12-19/h3-16H,2H2,1H3,(H,24,26,28). The molecule has 1 N–H and O–H groups in total. The number of hydrogen-bond donors (Lipinski definition) is 1. The van der Waals surface area contributed by atoms with Crippen molar-refractivity contribution in [2.24, 2.45) is 0 Å². The van der Waals surface area contributed by atoms with Gasteiger partial charge in [0.25, 0.3) is 5.91 Å². The first-order chi connectivity index (χ1) is 13.7. The average Bonchev–Trinajstić information content (AvgIpc) is 3.18. The number of nitrogens with one attached hydrogen (secondary N) is 1. The molecule has 0 radical (unpaired) electrons. The molecule has 0 aliphatic rings. The van der Waals surface area contributed by atoms with Crippen LogP contribution in [0.2, 0.25) is 0 Å². The molecule has 0 spiro atoms. The molecular weight excluding hydrogens is 348 g/mol. The highest BCUT2D eigenvalue weighted by molar-refractivity contribution is 6.05. The van der Waals surface area contributed by atoms with Crippen LogP contribution in [-0.4, -0.2) is 20.9 Å². The Hall–Kier alpha value is -3.73. The van der Waals surface area contributed by atoms with Gasteiger partial charge >= 0.3 is 0 Å². The van der Waals surface area contributed by atoms with Crippen molar-refractivity contribution >= 4 is 11.7 Å². The summed E-state index contributed by atoms with van der Waals surface area (Å²) in [7, 11) is 0. The van der Waals surface area contributed by atoms with Crippen LogP contribution in [0, 0.1) is 0 Å². The summed E-state index contributed by atoms with van der Waals surface area (Å²) in [5.41, 5.74) is 4.18. The molecule has 0 bridgehead atoms. The highest BCUT2D eigenvalue weighted by Crippen LogP contribution is 2.25. The molecule has 4 aromatic rings. The van der Waals surface area contributed by atoms with E-state index in [0.29, 0.717) is 17.1 Å². The fraction of sp³-hybridized carbons (Fsp3) is 0.0870. The third-order valence-electron chi connectivity index (χ3n) is 4.50. The molecular formula is C23H20N4O. The maximum atomic E-state index is 12.6. The normalized spacial score (nSPS) is 10.6. The Morgan fingerprint density at radius 1 is 0.857 bits per heavy atom. The van der Waals surface area contributed by atoms with Crippen LogP contribution in [0.5, 0.6) is 0 Å². The molecule has 0 saturated carbocycles. The van der Waals surface area contributed by atoms with Gasteiger partial charge in [-0.1, -0.05) is 67.6 Å². The zero-order chi connectivity index (χ0) is 19.3. The molecule has 0 aliphatic carbocycles. The first-order valence-electron chi connectivity index (χ1n) is 9.23. The number of aryl methyl sites for hydroxylation is 1. The molecule has 28 heavy (non-hydrogen) atoms. The second-order valence-corrected chi connectivity index (χ2v) is 6.39. The lowest BCUT2D eigenvalue weighted by Crippen LogP contribution is -2.13. The summed E-state index contributed by atoms with van der Waals surface area (Å²) in [6, 6.07) is 26.9. The lowest BCUT2D eigenvalue weighted by molar-refractivity contribution is 0.102. The first-order valence-corrected chi connectivity index (χ1v) is 9.23. The number of carbonyl (C=O) groups excluding carboxylic acids is 1. The fourth-order valence-corrected chi connectivity index (χ4v) is 2.93. The molecule has 0 saturated heterocycles. The number of carbonyl (C=O) groups is 1. The molecule has 1 aromatic heterocycles. The number of aromatic nitrogens is 3. The van der Waals surface area contributed by atoms with Crippen molar-refractivity contribution in [3.63, 3.8) is 0 Å². The van der Waals surface area contributed by atoms with Crippen molar-refractivity contribution < 1.29 is 4.79 Å². The summed E-state index contributed by atoms with van der Waals surface area (Å²) < 4.78 is 0. The van der Waals surface area contributed by atoms with Gasteiger partial charge in [-0.2, -0.15) is 0 Å². The summed E-state index contributed by atoms with van der Waals surface area (Å²) in [5, 5.41) is 12.1. The van der Waals surface area contributed by atoms with E-state index < -0.39 is 0 Å². The van der Waals surface area contributed by atoms with E-state index in [2.05, 4.69) is 34.6 Å². The van der Waals surface area contributed by atoms with Gasteiger partial charge in [0.1, 0.15) is 5.69 Å². The van der Waals surface area contributed by atoms with Crippen molar-refractivity contribution in [3.05, 3.63) is 96.1 Å².